The second kappa shape index (κ2) is 10.9. The van der Waals surface area contributed by atoms with Crippen LogP contribution in [0.4, 0.5) is 0 Å². The molecule has 1 saturated heterocycles. The van der Waals surface area contributed by atoms with E-state index in [1.807, 2.05) is 40.1 Å². The highest BCUT2D eigenvalue weighted by molar-refractivity contribution is 6.30. The van der Waals surface area contributed by atoms with Gasteiger partial charge in [0.05, 0.1) is 12.1 Å². The molecule has 0 unspecified atom stereocenters. The minimum Gasteiger partial charge on any atom is -0.465 e. The van der Waals surface area contributed by atoms with E-state index in [0.717, 1.165) is 11.1 Å². The normalized spacial score (nSPS) is 15.4. The van der Waals surface area contributed by atoms with Gasteiger partial charge in [0.2, 0.25) is 5.91 Å². The number of nitrogens with zero attached hydrogens (tertiary/aromatic N) is 3. The SMILES string of the molecule is CCOC(=O)[C@@H](c1ccc(Cl)cc1)N1CCN(C(=O)CCCn2c(=O)oc3ccccc32)CC1. The number of carbonyl (C=O) groups is 2. The van der Waals surface area contributed by atoms with Crippen LogP contribution in [0.25, 0.3) is 11.1 Å². The van der Waals surface area contributed by atoms with Crippen LogP contribution in [0.1, 0.15) is 31.4 Å². The highest BCUT2D eigenvalue weighted by Crippen LogP contribution is 2.25. The summed E-state index contributed by atoms with van der Waals surface area (Å²) in [6.07, 6.45) is 0.878. The minimum atomic E-state index is -0.532. The van der Waals surface area contributed by atoms with Crippen LogP contribution < -0.4 is 5.76 Å². The molecule has 1 aromatic heterocycles. The third kappa shape index (κ3) is 5.34. The van der Waals surface area contributed by atoms with Crippen LogP contribution >= 0.6 is 11.6 Å². The van der Waals surface area contributed by atoms with E-state index in [1.54, 1.807) is 29.7 Å². The molecule has 2 aromatic carbocycles. The molecule has 1 fully saturated rings. The number of halogens is 1. The number of carbonyl (C=O) groups excluding carboxylic acids is 2. The molecule has 0 N–H and O–H groups in total. The standard InChI is InChI=1S/C25H28ClN3O5/c1-2-33-24(31)23(18-9-11-19(26)12-10-18)28-16-14-27(15-17-28)22(30)8-5-13-29-20-6-3-4-7-21(20)34-25(29)32/h3-4,6-7,9-12,23H,2,5,8,13-17H2,1H3/t23-/m1/s1. The summed E-state index contributed by atoms with van der Waals surface area (Å²) in [5, 5.41) is 0.604. The van der Waals surface area contributed by atoms with Crippen molar-refractivity contribution in [2.75, 3.05) is 32.8 Å². The van der Waals surface area contributed by atoms with Crippen LogP contribution in [-0.4, -0.2) is 59.0 Å². The fourth-order valence-corrected chi connectivity index (χ4v) is 4.49. The van der Waals surface area contributed by atoms with E-state index in [0.29, 0.717) is 62.8 Å². The van der Waals surface area contributed by atoms with Crippen LogP contribution in [-0.2, 0) is 20.9 Å². The van der Waals surface area contributed by atoms with E-state index >= 15 is 0 Å². The van der Waals surface area contributed by atoms with Gasteiger partial charge in [-0.3, -0.25) is 14.3 Å². The summed E-state index contributed by atoms with van der Waals surface area (Å²) in [6.45, 7) is 4.68. The van der Waals surface area contributed by atoms with Crippen LogP contribution in [0.2, 0.25) is 5.02 Å². The lowest BCUT2D eigenvalue weighted by atomic mass is 10.0. The first-order valence-corrected chi connectivity index (χ1v) is 11.9. The molecule has 8 nitrogen and oxygen atoms in total. The molecule has 0 aliphatic carbocycles. The molecule has 0 saturated carbocycles. The predicted molar refractivity (Wildman–Crippen MR) is 129 cm³/mol. The van der Waals surface area contributed by atoms with E-state index in [9.17, 15) is 14.4 Å². The number of oxazole rings is 1. The lowest BCUT2D eigenvalue weighted by Crippen LogP contribution is -2.51. The van der Waals surface area contributed by atoms with E-state index in [2.05, 4.69) is 0 Å². The average molecular weight is 486 g/mol. The zero-order valence-corrected chi connectivity index (χ0v) is 19.9. The first kappa shape index (κ1) is 24.0. The predicted octanol–water partition coefficient (Wildman–Crippen LogP) is 3.48. The van der Waals surface area contributed by atoms with Gasteiger partial charge >= 0.3 is 11.7 Å². The number of fused-ring (bicyclic) bond motifs is 1. The van der Waals surface area contributed by atoms with E-state index in [1.165, 1.54) is 0 Å². The maximum absolute atomic E-state index is 12.8. The van der Waals surface area contributed by atoms with Gasteiger partial charge in [-0.15, -0.1) is 0 Å². The van der Waals surface area contributed by atoms with E-state index < -0.39 is 11.8 Å². The van der Waals surface area contributed by atoms with Gasteiger partial charge in [0.1, 0.15) is 6.04 Å². The van der Waals surface area contributed by atoms with Gasteiger partial charge in [-0.25, -0.2) is 9.59 Å². The monoisotopic (exact) mass is 485 g/mol. The number of aryl methyl sites for hydroxylation is 1. The summed E-state index contributed by atoms with van der Waals surface area (Å²) in [4.78, 5) is 41.5. The van der Waals surface area contributed by atoms with Gasteiger partial charge in [-0.05, 0) is 43.2 Å². The smallest absolute Gasteiger partial charge is 0.419 e. The first-order chi connectivity index (χ1) is 16.5. The van der Waals surface area contributed by atoms with Crippen molar-refractivity contribution in [1.29, 1.82) is 0 Å². The average Bonchev–Trinajstić information content (AvgIpc) is 3.16. The summed E-state index contributed by atoms with van der Waals surface area (Å²) < 4.78 is 12.1. The number of esters is 1. The minimum absolute atomic E-state index is 0.0414. The third-order valence-electron chi connectivity index (χ3n) is 6.07. The molecule has 180 valence electrons. The molecule has 1 aliphatic heterocycles. The molecule has 1 amide bonds. The maximum Gasteiger partial charge on any atom is 0.419 e. The molecule has 0 bridgehead atoms. The summed E-state index contributed by atoms with van der Waals surface area (Å²) >= 11 is 6.01. The van der Waals surface area contributed by atoms with Gasteiger partial charge in [0.25, 0.3) is 0 Å². The molecule has 1 atom stereocenters. The number of hydrogen-bond acceptors (Lipinski definition) is 6. The van der Waals surface area contributed by atoms with Crippen molar-refractivity contribution < 1.29 is 18.7 Å². The highest BCUT2D eigenvalue weighted by atomic mass is 35.5. The number of aromatic nitrogens is 1. The lowest BCUT2D eigenvalue weighted by molar-refractivity contribution is -0.151. The Kier molecular flexibility index (Phi) is 7.70. The lowest BCUT2D eigenvalue weighted by Gasteiger charge is -2.38. The largest absolute Gasteiger partial charge is 0.465 e. The van der Waals surface area contributed by atoms with E-state index in [-0.39, 0.29) is 11.9 Å². The third-order valence-corrected chi connectivity index (χ3v) is 6.33. The molecular formula is C25H28ClN3O5. The molecular weight excluding hydrogens is 458 g/mol. The fraction of sp³-hybridized carbons (Fsp3) is 0.400. The Bertz CT molecular complexity index is 1200. The van der Waals surface area contributed by atoms with Crippen molar-refractivity contribution in [3.05, 3.63) is 69.7 Å². The second-order valence-corrected chi connectivity index (χ2v) is 8.65. The van der Waals surface area contributed by atoms with Crippen molar-refractivity contribution in [2.24, 2.45) is 0 Å². The fourth-order valence-electron chi connectivity index (χ4n) is 4.36. The molecule has 0 spiro atoms. The number of rotatable bonds is 8. The number of hydrogen-bond donors (Lipinski definition) is 0. The summed E-state index contributed by atoms with van der Waals surface area (Å²) in [5.41, 5.74) is 2.10. The number of ether oxygens (including phenoxy) is 1. The maximum atomic E-state index is 12.8. The molecule has 4 rings (SSSR count). The Morgan fingerprint density at radius 1 is 1.06 bits per heavy atom. The summed E-state index contributed by atoms with van der Waals surface area (Å²) in [7, 11) is 0. The number of amides is 1. The molecule has 3 aromatic rings. The number of para-hydroxylation sites is 2. The molecule has 9 heteroatoms. The van der Waals surface area contributed by atoms with Crippen molar-refractivity contribution in [3.8, 4) is 0 Å². The summed E-state index contributed by atoms with van der Waals surface area (Å²) in [5.74, 6) is -0.670. The number of piperazine rings is 1. The van der Waals surface area contributed by atoms with E-state index in [4.69, 9.17) is 20.8 Å². The zero-order chi connectivity index (χ0) is 24.1. The van der Waals surface area contributed by atoms with Crippen molar-refractivity contribution in [1.82, 2.24) is 14.4 Å². The quantitative estimate of drug-likeness (QED) is 0.454. The van der Waals surface area contributed by atoms with Gasteiger partial charge < -0.3 is 14.1 Å². The highest BCUT2D eigenvalue weighted by Gasteiger charge is 2.32. The Labute approximate surface area is 202 Å². The second-order valence-electron chi connectivity index (χ2n) is 8.21. The zero-order valence-electron chi connectivity index (χ0n) is 19.1. The molecule has 34 heavy (non-hydrogen) atoms. The number of benzene rings is 2. The first-order valence-electron chi connectivity index (χ1n) is 11.5. The van der Waals surface area contributed by atoms with Crippen molar-refractivity contribution in [3.63, 3.8) is 0 Å². The Morgan fingerprint density at radius 2 is 1.76 bits per heavy atom. The van der Waals surface area contributed by atoms with Crippen molar-refractivity contribution in [2.45, 2.75) is 32.4 Å². The molecule has 0 radical (unpaired) electrons. The Balaban J connectivity index is 1.33. The summed E-state index contributed by atoms with van der Waals surface area (Å²) in [6, 6.07) is 13.9. The topological polar surface area (TPSA) is 85.0 Å². The molecule has 2 heterocycles. The molecule has 1 aliphatic rings. The Hall–Kier alpha value is -3.10. The van der Waals surface area contributed by atoms with Gasteiger partial charge in [0.15, 0.2) is 5.58 Å². The van der Waals surface area contributed by atoms with Crippen LogP contribution in [0.15, 0.2) is 57.7 Å². The van der Waals surface area contributed by atoms with Gasteiger partial charge in [-0.1, -0.05) is 35.9 Å². The Morgan fingerprint density at radius 3 is 2.47 bits per heavy atom. The van der Waals surface area contributed by atoms with Crippen molar-refractivity contribution >= 4 is 34.6 Å². The van der Waals surface area contributed by atoms with Crippen LogP contribution in [0.3, 0.4) is 0 Å². The van der Waals surface area contributed by atoms with Gasteiger partial charge in [-0.2, -0.15) is 0 Å². The van der Waals surface area contributed by atoms with Crippen LogP contribution in [0, 0.1) is 0 Å². The van der Waals surface area contributed by atoms with Crippen LogP contribution in [0.5, 0.6) is 0 Å². The van der Waals surface area contributed by atoms with Gasteiger partial charge in [0, 0.05) is 44.2 Å².